The summed E-state index contributed by atoms with van der Waals surface area (Å²) >= 11 is 5.81. The van der Waals surface area contributed by atoms with Gasteiger partial charge in [0.05, 0.1) is 10.7 Å². The van der Waals surface area contributed by atoms with Crippen molar-refractivity contribution in [2.75, 3.05) is 26.2 Å². The highest BCUT2D eigenvalue weighted by molar-refractivity contribution is 6.30. The summed E-state index contributed by atoms with van der Waals surface area (Å²) in [5, 5.41) is 10.9. The SMILES string of the molecule is C[C@@H]1CN(CC(O)c2ccc(Cl)cn2)CCN1C(=O)OC(C)(C)C. The molecule has 1 aromatic heterocycles. The normalized spacial score (nSPS) is 20.8. The number of β-amino-alcohol motifs (C(OH)–C–C–N with tert-alkyl or cyclic N) is 1. The van der Waals surface area contributed by atoms with Gasteiger partial charge in [0, 0.05) is 38.4 Å². The van der Waals surface area contributed by atoms with E-state index in [1.54, 1.807) is 17.0 Å². The van der Waals surface area contributed by atoms with Crippen LogP contribution < -0.4 is 0 Å². The number of carbonyl (C=O) groups excluding carboxylic acids is 1. The smallest absolute Gasteiger partial charge is 0.410 e. The molecule has 1 fully saturated rings. The van der Waals surface area contributed by atoms with Crippen molar-refractivity contribution in [3.05, 3.63) is 29.0 Å². The third-order valence-corrected chi connectivity index (χ3v) is 4.09. The highest BCUT2D eigenvalue weighted by Gasteiger charge is 2.31. The van der Waals surface area contributed by atoms with E-state index in [0.717, 1.165) is 0 Å². The van der Waals surface area contributed by atoms with E-state index in [1.807, 2.05) is 27.7 Å². The fraction of sp³-hybridized carbons (Fsp3) is 0.647. The van der Waals surface area contributed by atoms with Crippen molar-refractivity contribution in [1.29, 1.82) is 0 Å². The number of piperazine rings is 1. The van der Waals surface area contributed by atoms with Gasteiger partial charge >= 0.3 is 6.09 Å². The lowest BCUT2D eigenvalue weighted by molar-refractivity contribution is -0.00444. The minimum atomic E-state index is -0.678. The number of pyridine rings is 1. The number of amides is 1. The Labute approximate surface area is 148 Å². The van der Waals surface area contributed by atoms with Gasteiger partial charge in [-0.3, -0.25) is 9.88 Å². The number of hydrogen-bond donors (Lipinski definition) is 1. The third kappa shape index (κ3) is 5.33. The highest BCUT2D eigenvalue weighted by Crippen LogP contribution is 2.19. The van der Waals surface area contributed by atoms with Crippen molar-refractivity contribution >= 4 is 17.7 Å². The van der Waals surface area contributed by atoms with E-state index in [0.29, 0.717) is 36.9 Å². The number of nitrogens with zero attached hydrogens (tertiary/aromatic N) is 3. The van der Waals surface area contributed by atoms with Gasteiger partial charge in [-0.15, -0.1) is 0 Å². The number of hydrogen-bond acceptors (Lipinski definition) is 5. The number of aliphatic hydroxyl groups excluding tert-OH is 1. The van der Waals surface area contributed by atoms with Crippen LogP contribution in [0.2, 0.25) is 5.02 Å². The van der Waals surface area contributed by atoms with Crippen LogP contribution in [0.3, 0.4) is 0 Å². The van der Waals surface area contributed by atoms with Gasteiger partial charge in [-0.25, -0.2) is 4.79 Å². The molecule has 2 atom stereocenters. The summed E-state index contributed by atoms with van der Waals surface area (Å²) in [5.74, 6) is 0. The molecule has 0 aromatic carbocycles. The summed E-state index contributed by atoms with van der Waals surface area (Å²) in [6, 6.07) is 3.47. The molecule has 1 saturated heterocycles. The lowest BCUT2D eigenvalue weighted by Gasteiger charge is -2.40. The maximum Gasteiger partial charge on any atom is 0.410 e. The van der Waals surface area contributed by atoms with Crippen LogP contribution in [0.4, 0.5) is 4.79 Å². The molecule has 1 aliphatic rings. The van der Waals surface area contributed by atoms with Crippen LogP contribution in [0.25, 0.3) is 0 Å². The first kappa shape index (κ1) is 19.0. The monoisotopic (exact) mass is 355 g/mol. The van der Waals surface area contributed by atoms with Crippen molar-refractivity contribution in [2.45, 2.75) is 45.4 Å². The Bertz CT molecular complexity index is 559. The average Bonchev–Trinajstić information content (AvgIpc) is 2.46. The molecular formula is C17H26ClN3O3. The molecule has 24 heavy (non-hydrogen) atoms. The molecule has 7 heteroatoms. The first-order valence-electron chi connectivity index (χ1n) is 8.17. The Morgan fingerprint density at radius 3 is 2.71 bits per heavy atom. The Morgan fingerprint density at radius 2 is 2.17 bits per heavy atom. The number of ether oxygens (including phenoxy) is 1. The van der Waals surface area contributed by atoms with Gasteiger partial charge in [0.1, 0.15) is 11.7 Å². The second kappa shape index (κ2) is 7.68. The van der Waals surface area contributed by atoms with E-state index >= 15 is 0 Å². The molecular weight excluding hydrogens is 330 g/mol. The predicted octanol–water partition coefficient (Wildman–Crippen LogP) is 2.71. The number of rotatable bonds is 3. The Hall–Kier alpha value is -1.37. The minimum absolute atomic E-state index is 0.0268. The fourth-order valence-corrected chi connectivity index (χ4v) is 2.82. The first-order chi connectivity index (χ1) is 11.2. The van der Waals surface area contributed by atoms with Gasteiger partial charge in [-0.2, -0.15) is 0 Å². The maximum atomic E-state index is 12.2. The van der Waals surface area contributed by atoms with E-state index in [2.05, 4.69) is 9.88 Å². The number of aromatic nitrogens is 1. The first-order valence-corrected chi connectivity index (χ1v) is 8.55. The summed E-state index contributed by atoms with van der Waals surface area (Å²) in [4.78, 5) is 20.2. The molecule has 0 bridgehead atoms. The van der Waals surface area contributed by atoms with Gasteiger partial charge in [0.2, 0.25) is 0 Å². The van der Waals surface area contributed by atoms with Crippen molar-refractivity contribution in [3.63, 3.8) is 0 Å². The van der Waals surface area contributed by atoms with Crippen LogP contribution in [-0.2, 0) is 4.74 Å². The maximum absolute atomic E-state index is 12.2. The zero-order valence-electron chi connectivity index (χ0n) is 14.7. The van der Waals surface area contributed by atoms with Crippen molar-refractivity contribution in [1.82, 2.24) is 14.8 Å². The predicted molar refractivity (Wildman–Crippen MR) is 93.0 cm³/mol. The minimum Gasteiger partial charge on any atom is -0.444 e. The quantitative estimate of drug-likeness (QED) is 0.903. The molecule has 0 aliphatic carbocycles. The molecule has 0 radical (unpaired) electrons. The lowest BCUT2D eigenvalue weighted by Crippen LogP contribution is -2.55. The Morgan fingerprint density at radius 1 is 1.46 bits per heavy atom. The second-order valence-corrected chi connectivity index (χ2v) is 7.64. The summed E-state index contributed by atoms with van der Waals surface area (Å²) in [5.41, 5.74) is 0.103. The summed E-state index contributed by atoms with van der Waals surface area (Å²) in [6.07, 6.45) is 0.570. The van der Waals surface area contributed by atoms with E-state index in [9.17, 15) is 9.90 Å². The molecule has 2 rings (SSSR count). The highest BCUT2D eigenvalue weighted by atomic mass is 35.5. The zero-order chi connectivity index (χ0) is 17.9. The molecule has 0 spiro atoms. The molecule has 1 unspecified atom stereocenters. The van der Waals surface area contributed by atoms with Crippen LogP contribution in [0, 0.1) is 0 Å². The van der Waals surface area contributed by atoms with Crippen LogP contribution in [-0.4, -0.2) is 63.8 Å². The molecule has 1 amide bonds. The van der Waals surface area contributed by atoms with Crippen LogP contribution in [0.15, 0.2) is 18.3 Å². The number of aliphatic hydroxyl groups is 1. The molecule has 1 aliphatic heterocycles. The van der Waals surface area contributed by atoms with Crippen molar-refractivity contribution in [3.8, 4) is 0 Å². The van der Waals surface area contributed by atoms with Gasteiger partial charge in [-0.1, -0.05) is 11.6 Å². The van der Waals surface area contributed by atoms with Crippen molar-refractivity contribution < 1.29 is 14.6 Å². The van der Waals surface area contributed by atoms with Crippen LogP contribution in [0.1, 0.15) is 39.5 Å². The molecule has 134 valence electrons. The van der Waals surface area contributed by atoms with E-state index < -0.39 is 11.7 Å². The fourth-order valence-electron chi connectivity index (χ4n) is 2.71. The van der Waals surface area contributed by atoms with Gasteiger partial charge in [0.25, 0.3) is 0 Å². The Kier molecular flexibility index (Phi) is 6.06. The Balaban J connectivity index is 1.88. The van der Waals surface area contributed by atoms with Crippen molar-refractivity contribution in [2.24, 2.45) is 0 Å². The molecule has 1 aromatic rings. The van der Waals surface area contributed by atoms with Crippen LogP contribution in [0.5, 0.6) is 0 Å². The summed E-state index contributed by atoms with van der Waals surface area (Å²) in [7, 11) is 0. The second-order valence-electron chi connectivity index (χ2n) is 7.20. The largest absolute Gasteiger partial charge is 0.444 e. The topological polar surface area (TPSA) is 65.9 Å². The van der Waals surface area contributed by atoms with Gasteiger partial charge in [0.15, 0.2) is 0 Å². The zero-order valence-corrected chi connectivity index (χ0v) is 15.5. The standard InChI is InChI=1S/C17H26ClN3O3/c1-12-10-20(7-8-21(12)16(23)24-17(2,3)4)11-15(22)14-6-5-13(18)9-19-14/h5-6,9,12,15,22H,7-8,10-11H2,1-4H3/t12-,15?/m1/s1. The van der Waals surface area contributed by atoms with Crippen LogP contribution >= 0.6 is 11.6 Å². The van der Waals surface area contributed by atoms with E-state index in [4.69, 9.17) is 16.3 Å². The molecule has 2 heterocycles. The molecule has 0 saturated carbocycles. The third-order valence-electron chi connectivity index (χ3n) is 3.86. The summed E-state index contributed by atoms with van der Waals surface area (Å²) < 4.78 is 5.44. The average molecular weight is 356 g/mol. The van der Waals surface area contributed by atoms with Gasteiger partial charge in [-0.05, 0) is 39.8 Å². The number of carbonyl (C=O) groups is 1. The molecule has 6 nitrogen and oxygen atoms in total. The van der Waals surface area contributed by atoms with E-state index in [1.165, 1.54) is 6.20 Å². The molecule has 1 N–H and O–H groups in total. The number of halogens is 1. The summed E-state index contributed by atoms with van der Waals surface area (Å²) in [6.45, 7) is 10.0. The van der Waals surface area contributed by atoms with E-state index in [-0.39, 0.29) is 12.1 Å². The van der Waals surface area contributed by atoms with Gasteiger partial charge < -0.3 is 14.7 Å². The lowest BCUT2D eigenvalue weighted by atomic mass is 10.1.